The maximum atomic E-state index is 11.4. The summed E-state index contributed by atoms with van der Waals surface area (Å²) in [5.74, 6) is 0.319. The lowest BCUT2D eigenvalue weighted by Crippen LogP contribution is -2.26. The number of hydrogen-bond acceptors (Lipinski definition) is 3. The largest absolute Gasteiger partial charge is 0.325 e. The van der Waals surface area contributed by atoms with E-state index in [9.17, 15) is 4.79 Å². The smallest absolute Gasteiger partial charge is 0.314 e. The van der Waals surface area contributed by atoms with E-state index in [1.165, 1.54) is 6.33 Å². The van der Waals surface area contributed by atoms with Crippen molar-refractivity contribution in [1.82, 2.24) is 20.5 Å². The van der Waals surface area contributed by atoms with Crippen molar-refractivity contribution in [3.8, 4) is 0 Å². The molecular weight excluding hydrogens is 206 g/mol. The summed E-state index contributed by atoms with van der Waals surface area (Å²) in [7, 11) is 0. The average Bonchev–Trinajstić information content (AvgIpc) is 2.65. The summed E-state index contributed by atoms with van der Waals surface area (Å²) in [5, 5.41) is 11.3. The van der Waals surface area contributed by atoms with Gasteiger partial charge in [0.1, 0.15) is 6.33 Å². The van der Waals surface area contributed by atoms with E-state index in [-0.39, 0.29) is 11.4 Å². The molecule has 2 amide bonds. The van der Waals surface area contributed by atoms with E-state index >= 15 is 0 Å². The molecule has 0 radical (unpaired) electrons. The van der Waals surface area contributed by atoms with Crippen molar-refractivity contribution in [2.24, 2.45) is 5.41 Å². The number of amides is 2. The van der Waals surface area contributed by atoms with Crippen molar-refractivity contribution in [3.63, 3.8) is 0 Å². The lowest BCUT2D eigenvalue weighted by Gasteiger charge is -2.19. The molecule has 6 heteroatoms. The SMILES string of the molecule is C/C(=C\NC(=O)Nc1ncn[nH]1)C(C)(C)C. The first kappa shape index (κ1) is 12.2. The Bertz CT molecular complexity index is 374. The number of carbonyl (C=O) groups excluding carboxylic acids is 1. The quantitative estimate of drug-likeness (QED) is 0.715. The van der Waals surface area contributed by atoms with Gasteiger partial charge in [0.05, 0.1) is 0 Å². The van der Waals surface area contributed by atoms with Crippen LogP contribution in [0.2, 0.25) is 0 Å². The maximum absolute atomic E-state index is 11.4. The molecule has 3 N–H and O–H groups in total. The summed E-state index contributed by atoms with van der Waals surface area (Å²) in [6.45, 7) is 8.20. The van der Waals surface area contributed by atoms with E-state index in [2.05, 4.69) is 46.6 Å². The van der Waals surface area contributed by atoms with Crippen LogP contribution in [0.5, 0.6) is 0 Å². The lowest BCUT2D eigenvalue weighted by atomic mass is 9.88. The minimum atomic E-state index is -0.347. The van der Waals surface area contributed by atoms with E-state index in [0.29, 0.717) is 5.95 Å². The average molecular weight is 223 g/mol. The Kier molecular flexibility index (Phi) is 3.65. The minimum absolute atomic E-state index is 0.0412. The highest BCUT2D eigenvalue weighted by Gasteiger charge is 2.12. The van der Waals surface area contributed by atoms with Crippen molar-refractivity contribution in [1.29, 1.82) is 0 Å². The minimum Gasteiger partial charge on any atom is -0.314 e. The molecule has 0 atom stereocenters. The molecule has 1 aromatic rings. The Labute approximate surface area is 94.5 Å². The molecule has 0 bridgehead atoms. The Morgan fingerprint density at radius 1 is 1.50 bits per heavy atom. The van der Waals surface area contributed by atoms with Crippen LogP contribution in [0.15, 0.2) is 18.1 Å². The number of aromatic nitrogens is 3. The van der Waals surface area contributed by atoms with Crippen molar-refractivity contribution >= 4 is 12.0 Å². The number of anilines is 1. The molecule has 0 unspecified atom stereocenters. The van der Waals surface area contributed by atoms with Crippen molar-refractivity contribution in [2.75, 3.05) is 5.32 Å². The number of aromatic amines is 1. The van der Waals surface area contributed by atoms with Gasteiger partial charge in [-0.1, -0.05) is 26.3 Å². The second-order valence-corrected chi connectivity index (χ2v) is 4.51. The summed E-state index contributed by atoms with van der Waals surface area (Å²) in [6, 6.07) is -0.347. The first-order chi connectivity index (χ1) is 7.39. The monoisotopic (exact) mass is 223 g/mol. The van der Waals surface area contributed by atoms with Gasteiger partial charge in [-0.2, -0.15) is 10.1 Å². The number of carbonyl (C=O) groups is 1. The van der Waals surface area contributed by atoms with Crippen LogP contribution in [0, 0.1) is 5.41 Å². The van der Waals surface area contributed by atoms with Crippen molar-refractivity contribution < 1.29 is 4.79 Å². The highest BCUT2D eigenvalue weighted by molar-refractivity contribution is 5.87. The molecule has 1 rings (SSSR count). The number of hydrogen-bond donors (Lipinski definition) is 3. The third kappa shape index (κ3) is 3.72. The predicted octanol–water partition coefficient (Wildman–Crippen LogP) is 1.88. The van der Waals surface area contributed by atoms with Crippen LogP contribution in [0.3, 0.4) is 0 Å². The number of allylic oxidation sites excluding steroid dienone is 1. The second kappa shape index (κ2) is 4.78. The Morgan fingerprint density at radius 2 is 2.19 bits per heavy atom. The topological polar surface area (TPSA) is 82.7 Å². The van der Waals surface area contributed by atoms with Crippen molar-refractivity contribution in [3.05, 3.63) is 18.1 Å². The van der Waals surface area contributed by atoms with Gasteiger partial charge < -0.3 is 5.32 Å². The number of nitrogens with one attached hydrogen (secondary N) is 3. The zero-order valence-corrected chi connectivity index (χ0v) is 9.96. The van der Waals surface area contributed by atoms with Crippen LogP contribution < -0.4 is 10.6 Å². The summed E-state index contributed by atoms with van der Waals surface area (Å²) in [6.07, 6.45) is 3.01. The molecule has 88 valence electrons. The van der Waals surface area contributed by atoms with Crippen LogP contribution in [0.1, 0.15) is 27.7 Å². The Morgan fingerprint density at radius 3 is 2.69 bits per heavy atom. The first-order valence-corrected chi connectivity index (χ1v) is 5.00. The zero-order valence-electron chi connectivity index (χ0n) is 9.96. The van der Waals surface area contributed by atoms with E-state index in [1.807, 2.05) is 6.92 Å². The third-order valence-corrected chi connectivity index (χ3v) is 2.25. The molecule has 0 aromatic carbocycles. The van der Waals surface area contributed by atoms with Crippen LogP contribution in [-0.2, 0) is 0 Å². The standard InChI is InChI=1S/C10H17N5O/c1-7(10(2,3)4)5-11-9(16)14-8-12-6-13-15-8/h5-6H,1-4H3,(H3,11,12,13,14,15,16)/b7-5+. The fraction of sp³-hybridized carbons (Fsp3) is 0.500. The van der Waals surface area contributed by atoms with Gasteiger partial charge >= 0.3 is 6.03 Å². The predicted molar refractivity (Wildman–Crippen MR) is 61.7 cm³/mol. The summed E-state index contributed by atoms with van der Waals surface area (Å²) >= 11 is 0. The molecule has 1 aromatic heterocycles. The van der Waals surface area contributed by atoms with Gasteiger partial charge in [-0.05, 0) is 12.3 Å². The Hall–Kier alpha value is -1.85. The maximum Gasteiger partial charge on any atom is 0.325 e. The van der Waals surface area contributed by atoms with Crippen LogP contribution in [0.25, 0.3) is 0 Å². The number of urea groups is 1. The molecule has 0 aliphatic rings. The molecule has 6 nitrogen and oxygen atoms in total. The molecule has 0 aliphatic heterocycles. The van der Waals surface area contributed by atoms with Crippen LogP contribution >= 0.6 is 0 Å². The number of H-pyrrole nitrogens is 1. The van der Waals surface area contributed by atoms with Crippen LogP contribution in [0.4, 0.5) is 10.7 Å². The highest BCUT2D eigenvalue weighted by atomic mass is 16.2. The molecule has 0 saturated heterocycles. The molecule has 0 fully saturated rings. The van der Waals surface area contributed by atoms with E-state index in [4.69, 9.17) is 0 Å². The fourth-order valence-electron chi connectivity index (χ4n) is 0.800. The first-order valence-electron chi connectivity index (χ1n) is 5.00. The van der Waals surface area contributed by atoms with Gasteiger partial charge in [0.15, 0.2) is 0 Å². The van der Waals surface area contributed by atoms with E-state index in [0.717, 1.165) is 5.57 Å². The van der Waals surface area contributed by atoms with Gasteiger partial charge in [-0.3, -0.25) is 5.32 Å². The molecule has 0 spiro atoms. The summed E-state index contributed by atoms with van der Waals surface area (Å²) < 4.78 is 0. The Balaban J connectivity index is 2.47. The van der Waals surface area contributed by atoms with E-state index < -0.39 is 0 Å². The van der Waals surface area contributed by atoms with Gasteiger partial charge in [-0.15, -0.1) is 0 Å². The third-order valence-electron chi connectivity index (χ3n) is 2.25. The van der Waals surface area contributed by atoms with Crippen LogP contribution in [-0.4, -0.2) is 21.2 Å². The summed E-state index contributed by atoms with van der Waals surface area (Å²) in [5.41, 5.74) is 1.12. The van der Waals surface area contributed by atoms with Crippen molar-refractivity contribution in [2.45, 2.75) is 27.7 Å². The second-order valence-electron chi connectivity index (χ2n) is 4.51. The molecule has 16 heavy (non-hydrogen) atoms. The summed E-state index contributed by atoms with van der Waals surface area (Å²) in [4.78, 5) is 15.2. The van der Waals surface area contributed by atoms with Gasteiger partial charge in [-0.25, -0.2) is 9.89 Å². The highest BCUT2D eigenvalue weighted by Crippen LogP contribution is 2.23. The molecule has 0 aliphatic carbocycles. The van der Waals surface area contributed by atoms with E-state index in [1.54, 1.807) is 6.20 Å². The fourth-order valence-corrected chi connectivity index (χ4v) is 0.800. The molecular formula is C10H17N5O. The normalized spacial score (nSPS) is 12.4. The molecule has 1 heterocycles. The van der Waals surface area contributed by atoms with Gasteiger partial charge in [0, 0.05) is 6.20 Å². The number of rotatable bonds is 2. The number of nitrogens with zero attached hydrogens (tertiary/aromatic N) is 2. The van der Waals surface area contributed by atoms with Gasteiger partial charge in [0.2, 0.25) is 5.95 Å². The zero-order chi connectivity index (χ0) is 12.2. The lowest BCUT2D eigenvalue weighted by molar-refractivity contribution is 0.254. The van der Waals surface area contributed by atoms with Gasteiger partial charge in [0.25, 0.3) is 0 Å². The molecule has 0 saturated carbocycles.